The maximum atomic E-state index is 12.5. The smallest absolute Gasteiger partial charge is 0.412 e. The van der Waals surface area contributed by atoms with Gasteiger partial charge in [0.2, 0.25) is 0 Å². The number of hydrogen-bond donors (Lipinski definition) is 1. The van der Waals surface area contributed by atoms with Crippen LogP contribution in [-0.2, 0) is 0 Å². The zero-order valence-corrected chi connectivity index (χ0v) is 10.9. The van der Waals surface area contributed by atoms with E-state index in [-0.39, 0.29) is 30.2 Å². The Morgan fingerprint density at radius 3 is 2.60 bits per heavy atom. The Morgan fingerprint density at radius 1 is 1.40 bits per heavy atom. The number of rotatable bonds is 2. The maximum absolute atomic E-state index is 12.5. The Kier molecular flexibility index (Phi) is 3.89. The Balaban J connectivity index is 2.21. The molecule has 0 atom stereocenters. The molecule has 0 bridgehead atoms. The Morgan fingerprint density at radius 2 is 2.10 bits per heavy atom. The predicted octanol–water partition coefficient (Wildman–Crippen LogP) is 3.13. The highest BCUT2D eigenvalue weighted by atomic mass is 35.5. The molecule has 0 spiro atoms. The third-order valence-corrected chi connectivity index (χ3v) is 3.24. The van der Waals surface area contributed by atoms with Crippen LogP contribution in [0.2, 0.25) is 5.02 Å². The highest BCUT2D eigenvalue weighted by Crippen LogP contribution is 2.31. The fourth-order valence-corrected chi connectivity index (χ4v) is 2.08. The van der Waals surface area contributed by atoms with Crippen LogP contribution in [0.15, 0.2) is 23.8 Å². The van der Waals surface area contributed by atoms with Crippen LogP contribution in [0.5, 0.6) is 0 Å². The molecule has 108 valence electrons. The molecule has 0 unspecified atom stereocenters. The molecule has 0 aromatic carbocycles. The van der Waals surface area contributed by atoms with Crippen LogP contribution in [0.1, 0.15) is 16.9 Å². The first-order valence-electron chi connectivity index (χ1n) is 5.70. The summed E-state index contributed by atoms with van der Waals surface area (Å²) in [4.78, 5) is 16.3. The van der Waals surface area contributed by atoms with E-state index in [0.717, 1.165) is 6.08 Å². The minimum atomic E-state index is -4.31. The van der Waals surface area contributed by atoms with E-state index >= 15 is 0 Å². The van der Waals surface area contributed by atoms with Crippen molar-refractivity contribution in [1.29, 1.82) is 0 Å². The molecule has 1 aromatic rings. The molecule has 0 fully saturated rings. The summed E-state index contributed by atoms with van der Waals surface area (Å²) in [5.41, 5.74) is -0.879. The van der Waals surface area contributed by atoms with Gasteiger partial charge >= 0.3 is 12.1 Å². The Bertz CT molecular complexity index is 572. The number of carbonyl (C=O) groups is 1. The van der Waals surface area contributed by atoms with Crippen LogP contribution in [0, 0.1) is 0 Å². The summed E-state index contributed by atoms with van der Waals surface area (Å²) in [5.74, 6) is -0.982. The molecule has 20 heavy (non-hydrogen) atoms. The van der Waals surface area contributed by atoms with Gasteiger partial charge in [-0.2, -0.15) is 13.2 Å². The van der Waals surface area contributed by atoms with Gasteiger partial charge in [-0.15, -0.1) is 0 Å². The van der Waals surface area contributed by atoms with Gasteiger partial charge in [0.15, 0.2) is 5.69 Å². The summed E-state index contributed by atoms with van der Waals surface area (Å²) in [5, 5.41) is 8.90. The molecular weight excluding hydrogens is 297 g/mol. The van der Waals surface area contributed by atoms with Crippen molar-refractivity contribution < 1.29 is 23.1 Å². The van der Waals surface area contributed by atoms with E-state index in [0.29, 0.717) is 5.82 Å². The van der Waals surface area contributed by atoms with Gasteiger partial charge < -0.3 is 10.0 Å². The first-order valence-corrected chi connectivity index (χ1v) is 6.08. The minimum Gasteiger partial charge on any atom is -0.476 e. The molecule has 1 aliphatic heterocycles. The molecule has 0 radical (unpaired) electrons. The zero-order chi connectivity index (χ0) is 14.9. The first kappa shape index (κ1) is 14.6. The standard InChI is InChI=1S/C12H10ClF3N2O2/c13-8-1-2-9(17-10(8)11(19)20)18-5-3-7(4-6-18)12(14,15)16/h1-3H,4-6H2,(H,19,20). The molecule has 2 heterocycles. The summed E-state index contributed by atoms with van der Waals surface area (Å²) in [6.45, 7) is 0.154. The summed E-state index contributed by atoms with van der Waals surface area (Å²) in [6, 6.07) is 2.86. The molecule has 1 N–H and O–H groups in total. The number of aromatic carboxylic acids is 1. The lowest BCUT2D eigenvalue weighted by atomic mass is 10.1. The lowest BCUT2D eigenvalue weighted by Gasteiger charge is -2.28. The summed E-state index contributed by atoms with van der Waals surface area (Å²) < 4.78 is 37.5. The lowest BCUT2D eigenvalue weighted by molar-refractivity contribution is -0.0944. The molecule has 0 saturated heterocycles. The second kappa shape index (κ2) is 5.32. The van der Waals surface area contributed by atoms with E-state index < -0.39 is 17.7 Å². The molecule has 8 heteroatoms. The quantitative estimate of drug-likeness (QED) is 0.853. The highest BCUT2D eigenvalue weighted by molar-refractivity contribution is 6.33. The zero-order valence-electron chi connectivity index (χ0n) is 10.1. The van der Waals surface area contributed by atoms with Crippen LogP contribution in [0.4, 0.5) is 19.0 Å². The van der Waals surface area contributed by atoms with Gasteiger partial charge in [-0.3, -0.25) is 0 Å². The van der Waals surface area contributed by atoms with E-state index in [2.05, 4.69) is 4.98 Å². The molecule has 0 amide bonds. The molecule has 4 nitrogen and oxygen atoms in total. The van der Waals surface area contributed by atoms with Crippen molar-refractivity contribution in [3.05, 3.63) is 34.5 Å². The van der Waals surface area contributed by atoms with E-state index in [1.54, 1.807) is 4.90 Å². The lowest BCUT2D eigenvalue weighted by Crippen LogP contribution is -2.32. The van der Waals surface area contributed by atoms with Crippen LogP contribution in [0.25, 0.3) is 0 Å². The SMILES string of the molecule is O=C(O)c1nc(N2CC=C(C(F)(F)F)CC2)ccc1Cl. The van der Waals surface area contributed by atoms with Gasteiger partial charge in [-0.25, -0.2) is 9.78 Å². The monoisotopic (exact) mass is 306 g/mol. The number of alkyl halides is 3. The number of anilines is 1. The van der Waals surface area contributed by atoms with E-state index in [4.69, 9.17) is 16.7 Å². The normalized spacial score (nSPS) is 16.0. The van der Waals surface area contributed by atoms with Crippen molar-refractivity contribution in [1.82, 2.24) is 4.98 Å². The summed E-state index contributed by atoms with van der Waals surface area (Å²) in [7, 11) is 0. The van der Waals surface area contributed by atoms with Crippen molar-refractivity contribution in [2.75, 3.05) is 18.0 Å². The van der Waals surface area contributed by atoms with Gasteiger partial charge in [-0.1, -0.05) is 17.7 Å². The first-order chi connectivity index (χ1) is 9.29. The van der Waals surface area contributed by atoms with Crippen LogP contribution >= 0.6 is 11.6 Å². The highest BCUT2D eigenvalue weighted by Gasteiger charge is 2.35. The van der Waals surface area contributed by atoms with Crippen molar-refractivity contribution in [3.63, 3.8) is 0 Å². The predicted molar refractivity (Wildman–Crippen MR) is 67.2 cm³/mol. The molecule has 0 aliphatic carbocycles. The number of carboxylic acid groups (broad SMARTS) is 1. The van der Waals surface area contributed by atoms with Crippen LogP contribution in [0.3, 0.4) is 0 Å². The number of halogens is 4. The van der Waals surface area contributed by atoms with Gasteiger partial charge in [0, 0.05) is 18.7 Å². The van der Waals surface area contributed by atoms with Crippen LogP contribution < -0.4 is 4.90 Å². The molecule has 1 aliphatic rings. The number of hydrogen-bond acceptors (Lipinski definition) is 3. The van der Waals surface area contributed by atoms with Gasteiger partial charge in [-0.05, 0) is 18.6 Å². The average molecular weight is 307 g/mol. The summed E-state index contributed by atoms with van der Waals surface area (Å²) in [6.07, 6.45) is -3.39. The van der Waals surface area contributed by atoms with E-state index in [1.807, 2.05) is 0 Å². The third-order valence-electron chi connectivity index (χ3n) is 2.93. The Hall–Kier alpha value is -1.76. The Labute approximate surface area is 117 Å². The average Bonchev–Trinajstić information content (AvgIpc) is 2.38. The van der Waals surface area contributed by atoms with Crippen molar-refractivity contribution in [2.45, 2.75) is 12.6 Å². The van der Waals surface area contributed by atoms with Crippen molar-refractivity contribution in [2.24, 2.45) is 0 Å². The number of nitrogens with zero attached hydrogens (tertiary/aromatic N) is 2. The topological polar surface area (TPSA) is 53.4 Å². The minimum absolute atomic E-state index is 0.00946. The van der Waals surface area contributed by atoms with Crippen LogP contribution in [-0.4, -0.2) is 35.3 Å². The van der Waals surface area contributed by atoms with E-state index in [9.17, 15) is 18.0 Å². The van der Waals surface area contributed by atoms with Crippen molar-refractivity contribution in [3.8, 4) is 0 Å². The molecule has 1 aromatic heterocycles. The number of aromatic nitrogens is 1. The number of pyridine rings is 1. The number of carboxylic acids is 1. The van der Waals surface area contributed by atoms with Gasteiger partial charge in [0.25, 0.3) is 0 Å². The second-order valence-corrected chi connectivity index (χ2v) is 4.64. The van der Waals surface area contributed by atoms with Gasteiger partial charge in [0.05, 0.1) is 5.02 Å². The van der Waals surface area contributed by atoms with Crippen molar-refractivity contribution >= 4 is 23.4 Å². The molecule has 0 saturated carbocycles. The molecule has 2 rings (SSSR count). The molecular formula is C12H10ClF3N2O2. The largest absolute Gasteiger partial charge is 0.476 e. The van der Waals surface area contributed by atoms with E-state index in [1.165, 1.54) is 12.1 Å². The summed E-state index contributed by atoms with van der Waals surface area (Å²) >= 11 is 5.69. The second-order valence-electron chi connectivity index (χ2n) is 4.23. The fourth-order valence-electron chi connectivity index (χ4n) is 1.89. The fraction of sp³-hybridized carbons (Fsp3) is 0.333. The van der Waals surface area contributed by atoms with Gasteiger partial charge in [0.1, 0.15) is 5.82 Å². The third kappa shape index (κ3) is 3.04. The maximum Gasteiger partial charge on any atom is 0.412 e.